The molecule has 2 N–H and O–H groups in total. The molecule has 2 aromatic heterocycles. The molecule has 0 amide bonds. The first-order valence-electron chi connectivity index (χ1n) is 6.08. The van der Waals surface area contributed by atoms with Crippen molar-refractivity contribution in [1.82, 2.24) is 14.8 Å². The van der Waals surface area contributed by atoms with Crippen molar-refractivity contribution in [2.75, 3.05) is 13.2 Å². The summed E-state index contributed by atoms with van der Waals surface area (Å²) in [7, 11) is 0. The van der Waals surface area contributed by atoms with Gasteiger partial charge in [-0.3, -0.25) is 9.67 Å². The third-order valence-corrected chi connectivity index (χ3v) is 2.68. The fraction of sp³-hybridized carbons (Fsp3) is 0.308. The van der Waals surface area contributed by atoms with Crippen molar-refractivity contribution < 1.29 is 9.53 Å². The molecule has 2 rings (SSSR count). The number of hydrogen-bond donors (Lipinski definition) is 1. The predicted octanol–water partition coefficient (Wildman–Crippen LogP) is 1.00. The van der Waals surface area contributed by atoms with E-state index in [2.05, 4.69) is 10.1 Å². The first-order valence-corrected chi connectivity index (χ1v) is 6.08. The number of carbonyl (C=O) groups is 1. The summed E-state index contributed by atoms with van der Waals surface area (Å²) in [5, 5.41) is 4.16. The largest absolute Gasteiger partial charge is 0.462 e. The summed E-state index contributed by atoms with van der Waals surface area (Å²) in [6.07, 6.45) is 4.81. The van der Waals surface area contributed by atoms with Crippen molar-refractivity contribution in [2.24, 2.45) is 5.73 Å². The summed E-state index contributed by atoms with van der Waals surface area (Å²) in [6.45, 7) is 2.45. The Kier molecular flexibility index (Phi) is 4.25. The molecule has 2 aromatic rings. The molecule has 0 aromatic carbocycles. The Morgan fingerprint density at radius 2 is 2.37 bits per heavy atom. The smallest absolute Gasteiger partial charge is 0.341 e. The minimum Gasteiger partial charge on any atom is -0.462 e. The van der Waals surface area contributed by atoms with Gasteiger partial charge in [-0.15, -0.1) is 0 Å². The highest BCUT2D eigenvalue weighted by molar-refractivity contribution is 5.88. The molecule has 0 radical (unpaired) electrons. The molecule has 0 aliphatic rings. The summed E-state index contributed by atoms with van der Waals surface area (Å²) in [5.41, 5.74) is 6.99. The minimum absolute atomic E-state index is 0.190. The summed E-state index contributed by atoms with van der Waals surface area (Å²) >= 11 is 0. The Morgan fingerprint density at radius 3 is 3.00 bits per heavy atom. The number of carbonyl (C=O) groups excluding carboxylic acids is 1. The molecule has 6 heteroatoms. The van der Waals surface area contributed by atoms with E-state index in [1.54, 1.807) is 24.0 Å². The second-order valence-electron chi connectivity index (χ2n) is 3.94. The zero-order valence-electron chi connectivity index (χ0n) is 10.7. The van der Waals surface area contributed by atoms with Gasteiger partial charge >= 0.3 is 5.97 Å². The van der Waals surface area contributed by atoms with Crippen molar-refractivity contribution >= 4 is 5.97 Å². The van der Waals surface area contributed by atoms with Crippen molar-refractivity contribution in [2.45, 2.75) is 13.0 Å². The molecule has 1 atom stereocenters. The molecule has 6 nitrogen and oxygen atoms in total. The fourth-order valence-corrected chi connectivity index (χ4v) is 1.77. The van der Waals surface area contributed by atoms with Crippen LogP contribution in [0.4, 0.5) is 0 Å². The van der Waals surface area contributed by atoms with Crippen LogP contribution in [-0.4, -0.2) is 33.9 Å². The van der Waals surface area contributed by atoms with Gasteiger partial charge < -0.3 is 10.5 Å². The zero-order valence-corrected chi connectivity index (χ0v) is 10.7. The Hall–Kier alpha value is -2.21. The Bertz CT molecular complexity index is 539. The van der Waals surface area contributed by atoms with Gasteiger partial charge in [0, 0.05) is 18.9 Å². The van der Waals surface area contributed by atoms with E-state index in [-0.39, 0.29) is 12.0 Å². The molecular formula is C13H16N4O2. The topological polar surface area (TPSA) is 83.0 Å². The highest BCUT2D eigenvalue weighted by atomic mass is 16.5. The van der Waals surface area contributed by atoms with E-state index in [0.29, 0.717) is 18.7 Å². The lowest BCUT2D eigenvalue weighted by Gasteiger charge is -2.14. The van der Waals surface area contributed by atoms with Gasteiger partial charge in [-0.25, -0.2) is 4.79 Å². The van der Waals surface area contributed by atoms with Crippen LogP contribution >= 0.6 is 0 Å². The van der Waals surface area contributed by atoms with Gasteiger partial charge in [0.25, 0.3) is 0 Å². The lowest BCUT2D eigenvalue weighted by molar-refractivity contribution is 0.0526. The van der Waals surface area contributed by atoms with Gasteiger partial charge in [0.15, 0.2) is 0 Å². The summed E-state index contributed by atoms with van der Waals surface area (Å²) < 4.78 is 6.55. The molecule has 0 saturated carbocycles. The second-order valence-corrected chi connectivity index (χ2v) is 3.94. The molecule has 2 heterocycles. The van der Waals surface area contributed by atoms with Crippen molar-refractivity contribution in [3.63, 3.8) is 0 Å². The second kappa shape index (κ2) is 6.10. The summed E-state index contributed by atoms with van der Waals surface area (Å²) in [6, 6.07) is 5.41. The van der Waals surface area contributed by atoms with Crippen LogP contribution in [0.2, 0.25) is 0 Å². The van der Waals surface area contributed by atoms with Gasteiger partial charge in [0.2, 0.25) is 0 Å². The molecule has 0 spiro atoms. The summed E-state index contributed by atoms with van der Waals surface area (Å²) in [4.78, 5) is 15.8. The Labute approximate surface area is 111 Å². The lowest BCUT2D eigenvalue weighted by Crippen LogP contribution is -2.21. The van der Waals surface area contributed by atoms with Crippen LogP contribution in [0.15, 0.2) is 36.8 Å². The van der Waals surface area contributed by atoms with Crippen LogP contribution in [0.25, 0.3) is 0 Å². The number of nitrogens with zero attached hydrogens (tertiary/aromatic N) is 3. The maximum atomic E-state index is 11.6. The first kappa shape index (κ1) is 13.2. The highest BCUT2D eigenvalue weighted by Crippen LogP contribution is 2.14. The van der Waals surface area contributed by atoms with E-state index < -0.39 is 0 Å². The average molecular weight is 260 g/mol. The third-order valence-electron chi connectivity index (χ3n) is 2.68. The molecule has 19 heavy (non-hydrogen) atoms. The minimum atomic E-state index is -0.384. The van der Waals surface area contributed by atoms with Crippen LogP contribution in [0.1, 0.15) is 29.0 Å². The van der Waals surface area contributed by atoms with E-state index in [1.807, 2.05) is 18.2 Å². The maximum absolute atomic E-state index is 11.6. The number of ether oxygens (including phenoxy) is 1. The number of nitrogens with two attached hydrogens (primary N) is 1. The van der Waals surface area contributed by atoms with E-state index in [0.717, 1.165) is 5.69 Å². The van der Waals surface area contributed by atoms with Crippen LogP contribution in [-0.2, 0) is 4.74 Å². The van der Waals surface area contributed by atoms with E-state index in [1.165, 1.54) is 6.20 Å². The lowest BCUT2D eigenvalue weighted by atomic mass is 10.2. The highest BCUT2D eigenvalue weighted by Gasteiger charge is 2.16. The number of rotatable bonds is 5. The zero-order chi connectivity index (χ0) is 13.7. The third kappa shape index (κ3) is 2.97. The normalized spacial score (nSPS) is 12.1. The van der Waals surface area contributed by atoms with Gasteiger partial charge in [0.1, 0.15) is 6.04 Å². The van der Waals surface area contributed by atoms with Gasteiger partial charge in [-0.1, -0.05) is 6.07 Å². The van der Waals surface area contributed by atoms with Gasteiger partial charge in [-0.05, 0) is 19.1 Å². The molecule has 0 aliphatic carbocycles. The average Bonchev–Trinajstić information content (AvgIpc) is 2.91. The van der Waals surface area contributed by atoms with Crippen LogP contribution in [0, 0.1) is 0 Å². The maximum Gasteiger partial charge on any atom is 0.341 e. The van der Waals surface area contributed by atoms with Gasteiger partial charge in [0.05, 0.1) is 24.1 Å². The molecule has 0 bridgehead atoms. The number of esters is 1. The van der Waals surface area contributed by atoms with Crippen LogP contribution < -0.4 is 5.73 Å². The summed E-state index contributed by atoms with van der Waals surface area (Å²) in [5.74, 6) is -0.384. The molecule has 0 fully saturated rings. The number of pyridine rings is 1. The molecule has 100 valence electrons. The Morgan fingerprint density at radius 1 is 1.53 bits per heavy atom. The van der Waals surface area contributed by atoms with Crippen molar-refractivity contribution in [3.8, 4) is 0 Å². The van der Waals surface area contributed by atoms with E-state index in [4.69, 9.17) is 10.5 Å². The van der Waals surface area contributed by atoms with E-state index >= 15 is 0 Å². The molecule has 0 saturated heterocycles. The molecular weight excluding hydrogens is 244 g/mol. The number of hydrogen-bond acceptors (Lipinski definition) is 5. The van der Waals surface area contributed by atoms with Crippen LogP contribution in [0.3, 0.4) is 0 Å². The fourth-order valence-electron chi connectivity index (χ4n) is 1.77. The predicted molar refractivity (Wildman–Crippen MR) is 69.6 cm³/mol. The number of aromatic nitrogens is 3. The van der Waals surface area contributed by atoms with Crippen molar-refractivity contribution in [3.05, 3.63) is 48.0 Å². The first-order chi connectivity index (χ1) is 9.26. The standard InChI is InChI=1S/C13H16N4O2/c1-2-19-13(18)10-8-16-17(9-10)12(7-14)11-5-3-4-6-15-11/h3-6,8-9,12H,2,7,14H2,1H3. The van der Waals surface area contributed by atoms with Crippen LogP contribution in [0.5, 0.6) is 0 Å². The van der Waals surface area contributed by atoms with Gasteiger partial charge in [-0.2, -0.15) is 5.10 Å². The van der Waals surface area contributed by atoms with E-state index in [9.17, 15) is 4.79 Å². The van der Waals surface area contributed by atoms with Crippen molar-refractivity contribution in [1.29, 1.82) is 0 Å². The monoisotopic (exact) mass is 260 g/mol. The SMILES string of the molecule is CCOC(=O)c1cnn(C(CN)c2ccccn2)c1. The molecule has 0 aliphatic heterocycles. The Balaban J connectivity index is 2.23. The quantitative estimate of drug-likeness (QED) is 0.811. The molecule has 1 unspecified atom stereocenters.